The second-order valence-electron chi connectivity index (χ2n) is 3.16. The largest absolute Gasteiger partial charge is 0.497 e. The van der Waals surface area contributed by atoms with Gasteiger partial charge in [-0.15, -0.1) is 0 Å². The van der Waals surface area contributed by atoms with E-state index in [0.717, 1.165) is 11.8 Å². The number of methoxy groups -OCH3 is 1. The van der Waals surface area contributed by atoms with Crippen molar-refractivity contribution in [2.75, 3.05) is 13.7 Å². The molecule has 0 atom stereocenters. The molecule has 0 amide bonds. The van der Waals surface area contributed by atoms with E-state index in [4.69, 9.17) is 9.47 Å². The summed E-state index contributed by atoms with van der Waals surface area (Å²) in [6.45, 7) is 0.427. The molecule has 0 unspecified atom stereocenters. The van der Waals surface area contributed by atoms with E-state index in [1.807, 2.05) is 0 Å². The number of rotatable bonds is 6. The maximum Gasteiger partial charge on any atom is 0.266 e. The van der Waals surface area contributed by atoms with Gasteiger partial charge in [0.15, 0.2) is 0 Å². The van der Waals surface area contributed by atoms with Crippen molar-refractivity contribution in [1.29, 1.82) is 0 Å². The molecule has 0 aliphatic heterocycles. The van der Waals surface area contributed by atoms with Crippen molar-refractivity contribution < 1.29 is 18.3 Å². The molecule has 1 aromatic rings. The Balaban J connectivity index is 2.24. The molecule has 0 bridgehead atoms. The Morgan fingerprint density at radius 1 is 1.19 bits per heavy atom. The van der Waals surface area contributed by atoms with E-state index in [2.05, 4.69) is 0 Å². The summed E-state index contributed by atoms with van der Waals surface area (Å²) in [4.78, 5) is 0. The van der Waals surface area contributed by atoms with Crippen molar-refractivity contribution in [2.45, 2.75) is 12.8 Å². The first-order valence-electron chi connectivity index (χ1n) is 5.00. The van der Waals surface area contributed by atoms with Gasteiger partial charge in [0.05, 0.1) is 13.7 Å². The maximum absolute atomic E-state index is 11.7. The van der Waals surface area contributed by atoms with Crippen molar-refractivity contribution >= 4 is 0 Å². The fraction of sp³-hybridized carbons (Fsp3) is 0.333. The van der Waals surface area contributed by atoms with Gasteiger partial charge in [0.25, 0.3) is 6.08 Å². The van der Waals surface area contributed by atoms with Crippen LogP contribution in [0.25, 0.3) is 0 Å². The molecule has 0 aromatic heterocycles. The molecule has 88 valence electrons. The minimum atomic E-state index is -1.63. The molecule has 0 N–H and O–H groups in total. The smallest absolute Gasteiger partial charge is 0.266 e. The van der Waals surface area contributed by atoms with Gasteiger partial charge in [-0.3, -0.25) is 0 Å². The summed E-state index contributed by atoms with van der Waals surface area (Å²) in [5.41, 5.74) is 0. The fourth-order valence-corrected chi connectivity index (χ4v) is 1.16. The Hall–Kier alpha value is -1.58. The Kier molecular flexibility index (Phi) is 5.32. The molecular weight excluding hydrogens is 214 g/mol. The predicted octanol–water partition coefficient (Wildman–Crippen LogP) is 3.63. The van der Waals surface area contributed by atoms with Gasteiger partial charge in [-0.1, -0.05) is 0 Å². The Morgan fingerprint density at radius 2 is 1.81 bits per heavy atom. The highest BCUT2D eigenvalue weighted by molar-refractivity contribution is 5.31. The first-order chi connectivity index (χ1) is 7.72. The molecule has 1 aromatic carbocycles. The molecule has 1 rings (SSSR count). The normalized spacial score (nSPS) is 9.69. The third kappa shape index (κ3) is 4.77. The van der Waals surface area contributed by atoms with Crippen LogP contribution in [-0.2, 0) is 0 Å². The van der Waals surface area contributed by atoms with Gasteiger partial charge in [0.2, 0.25) is 0 Å². The first-order valence-corrected chi connectivity index (χ1v) is 5.00. The number of unbranched alkanes of at least 4 members (excludes halogenated alkanes) is 1. The lowest BCUT2D eigenvalue weighted by Crippen LogP contribution is -1.96. The number of benzene rings is 1. The maximum atomic E-state index is 11.7. The number of ether oxygens (including phenoxy) is 2. The summed E-state index contributed by atoms with van der Waals surface area (Å²) < 4.78 is 33.7. The van der Waals surface area contributed by atoms with Crippen molar-refractivity contribution in [3.63, 3.8) is 0 Å². The number of hydrogen-bond donors (Lipinski definition) is 0. The zero-order chi connectivity index (χ0) is 11.8. The van der Waals surface area contributed by atoms with Gasteiger partial charge >= 0.3 is 0 Å². The van der Waals surface area contributed by atoms with E-state index in [1.54, 1.807) is 31.4 Å². The minimum absolute atomic E-state index is 0.332. The predicted molar refractivity (Wildman–Crippen MR) is 58.0 cm³/mol. The molecule has 0 aliphatic rings. The SMILES string of the molecule is COc1ccc(OCCCC=C(F)F)cc1. The zero-order valence-electron chi connectivity index (χ0n) is 9.08. The molecule has 0 spiro atoms. The third-order valence-electron chi connectivity index (χ3n) is 1.98. The van der Waals surface area contributed by atoms with E-state index < -0.39 is 6.08 Å². The Morgan fingerprint density at radius 3 is 2.38 bits per heavy atom. The molecule has 0 aliphatic carbocycles. The van der Waals surface area contributed by atoms with Crippen LogP contribution in [0.1, 0.15) is 12.8 Å². The lowest BCUT2D eigenvalue weighted by atomic mass is 10.3. The Labute approximate surface area is 93.5 Å². The molecule has 0 saturated carbocycles. The van der Waals surface area contributed by atoms with E-state index >= 15 is 0 Å². The quantitative estimate of drug-likeness (QED) is 0.692. The van der Waals surface area contributed by atoms with Crippen LogP contribution in [0, 0.1) is 0 Å². The summed E-state index contributed by atoms with van der Waals surface area (Å²) in [5.74, 6) is 1.47. The summed E-state index contributed by atoms with van der Waals surface area (Å²) in [6, 6.07) is 7.14. The van der Waals surface area contributed by atoms with Gasteiger partial charge < -0.3 is 9.47 Å². The molecule has 0 heterocycles. The van der Waals surface area contributed by atoms with Crippen molar-refractivity contribution in [2.24, 2.45) is 0 Å². The molecule has 0 saturated heterocycles. The molecule has 0 radical (unpaired) electrons. The van der Waals surface area contributed by atoms with Gasteiger partial charge in [-0.05, 0) is 43.2 Å². The van der Waals surface area contributed by atoms with Crippen LogP contribution >= 0.6 is 0 Å². The van der Waals surface area contributed by atoms with Crippen LogP contribution in [0.15, 0.2) is 36.4 Å². The third-order valence-corrected chi connectivity index (χ3v) is 1.98. The van der Waals surface area contributed by atoms with Gasteiger partial charge in [-0.2, -0.15) is 8.78 Å². The number of allylic oxidation sites excluding steroid dienone is 1. The van der Waals surface area contributed by atoms with Crippen LogP contribution in [0.5, 0.6) is 11.5 Å². The fourth-order valence-electron chi connectivity index (χ4n) is 1.16. The van der Waals surface area contributed by atoms with Crippen molar-refractivity contribution in [3.05, 3.63) is 36.4 Å². The van der Waals surface area contributed by atoms with E-state index in [-0.39, 0.29) is 0 Å². The monoisotopic (exact) mass is 228 g/mol. The summed E-state index contributed by atoms with van der Waals surface area (Å²) in [6.07, 6.45) is 0.170. The van der Waals surface area contributed by atoms with E-state index in [9.17, 15) is 8.78 Å². The van der Waals surface area contributed by atoms with Crippen LogP contribution in [0.4, 0.5) is 8.78 Å². The van der Waals surface area contributed by atoms with Crippen molar-refractivity contribution in [1.82, 2.24) is 0 Å². The lowest BCUT2D eigenvalue weighted by Gasteiger charge is -2.05. The number of halogens is 2. The molecular formula is C12H14F2O2. The van der Waals surface area contributed by atoms with Crippen LogP contribution in [0.3, 0.4) is 0 Å². The summed E-state index contributed by atoms with van der Waals surface area (Å²) in [5, 5.41) is 0. The first kappa shape index (κ1) is 12.5. The Bertz CT molecular complexity index is 329. The molecule has 2 nitrogen and oxygen atoms in total. The van der Waals surface area contributed by atoms with Crippen LogP contribution < -0.4 is 9.47 Å². The average molecular weight is 228 g/mol. The topological polar surface area (TPSA) is 18.5 Å². The van der Waals surface area contributed by atoms with Crippen LogP contribution in [0.2, 0.25) is 0 Å². The highest BCUT2D eigenvalue weighted by atomic mass is 19.3. The van der Waals surface area contributed by atoms with E-state index in [0.29, 0.717) is 25.2 Å². The van der Waals surface area contributed by atoms with Gasteiger partial charge in [0, 0.05) is 0 Å². The van der Waals surface area contributed by atoms with E-state index in [1.165, 1.54) is 0 Å². The number of hydrogen-bond acceptors (Lipinski definition) is 2. The standard InChI is InChI=1S/C12H14F2O2/c1-15-10-5-7-11(8-6-10)16-9-3-2-4-12(13)14/h4-8H,2-3,9H2,1H3. The van der Waals surface area contributed by atoms with Crippen LogP contribution in [-0.4, -0.2) is 13.7 Å². The summed E-state index contributed by atoms with van der Waals surface area (Å²) in [7, 11) is 1.59. The molecule has 16 heavy (non-hydrogen) atoms. The second kappa shape index (κ2) is 6.82. The molecule has 4 heteroatoms. The van der Waals surface area contributed by atoms with Gasteiger partial charge in [0.1, 0.15) is 11.5 Å². The van der Waals surface area contributed by atoms with Gasteiger partial charge in [-0.25, -0.2) is 0 Å². The lowest BCUT2D eigenvalue weighted by molar-refractivity contribution is 0.310. The second-order valence-corrected chi connectivity index (χ2v) is 3.16. The molecule has 0 fully saturated rings. The highest BCUT2D eigenvalue weighted by Crippen LogP contribution is 2.17. The highest BCUT2D eigenvalue weighted by Gasteiger charge is 1.95. The zero-order valence-corrected chi connectivity index (χ0v) is 9.08. The summed E-state index contributed by atoms with van der Waals surface area (Å²) >= 11 is 0. The minimum Gasteiger partial charge on any atom is -0.497 e. The average Bonchev–Trinajstić information content (AvgIpc) is 2.29. The van der Waals surface area contributed by atoms with Crippen molar-refractivity contribution in [3.8, 4) is 11.5 Å².